The Balaban J connectivity index is 2.89. The van der Waals surface area contributed by atoms with Crippen molar-refractivity contribution in [3.05, 3.63) is 23.0 Å². The van der Waals surface area contributed by atoms with Crippen LogP contribution in [0.1, 0.15) is 12.6 Å². The summed E-state index contributed by atoms with van der Waals surface area (Å²) in [6, 6.07) is 1.67. The van der Waals surface area contributed by atoms with Gasteiger partial charge in [-0.25, -0.2) is 0 Å². The first kappa shape index (κ1) is 9.00. The Morgan fingerprint density at radius 1 is 1.67 bits per heavy atom. The Labute approximate surface area is 75.8 Å². The van der Waals surface area contributed by atoms with Crippen molar-refractivity contribution in [1.29, 1.82) is 0 Å². The lowest BCUT2D eigenvalue weighted by Gasteiger charge is -2.02. The van der Waals surface area contributed by atoms with Crippen LogP contribution in [-0.2, 0) is 4.79 Å². The molecule has 0 radical (unpaired) electrons. The van der Waals surface area contributed by atoms with Gasteiger partial charge in [0.1, 0.15) is 0 Å². The maximum atomic E-state index is 10.6. The number of halogens is 1. The number of carbonyl (C=O) groups excluding carboxylic acids is 1. The van der Waals surface area contributed by atoms with Crippen molar-refractivity contribution in [2.45, 2.75) is 13.8 Å². The fourth-order valence-corrected chi connectivity index (χ4v) is 0.944. The average Bonchev–Trinajstić information content (AvgIpc) is 1.96. The van der Waals surface area contributed by atoms with Gasteiger partial charge in [-0.2, -0.15) is 0 Å². The van der Waals surface area contributed by atoms with E-state index in [4.69, 9.17) is 11.6 Å². The van der Waals surface area contributed by atoms with Gasteiger partial charge in [0.15, 0.2) is 0 Å². The molecule has 0 aromatic carbocycles. The van der Waals surface area contributed by atoms with E-state index in [-0.39, 0.29) is 5.91 Å². The number of carbonyl (C=O) groups is 1. The van der Waals surface area contributed by atoms with Gasteiger partial charge in [0.25, 0.3) is 0 Å². The Morgan fingerprint density at radius 2 is 2.33 bits per heavy atom. The van der Waals surface area contributed by atoms with Gasteiger partial charge >= 0.3 is 0 Å². The predicted octanol–water partition coefficient (Wildman–Crippen LogP) is 2.00. The van der Waals surface area contributed by atoms with E-state index < -0.39 is 0 Å². The number of nitrogens with zero attached hydrogens (tertiary/aromatic N) is 1. The minimum atomic E-state index is -0.128. The highest BCUT2D eigenvalue weighted by Crippen LogP contribution is 2.16. The number of anilines is 1. The molecule has 1 aromatic rings. The maximum absolute atomic E-state index is 10.6. The summed E-state index contributed by atoms with van der Waals surface area (Å²) in [5.41, 5.74) is 1.38. The molecule has 0 unspecified atom stereocenters. The molecule has 1 rings (SSSR count). The minimum absolute atomic E-state index is 0.128. The van der Waals surface area contributed by atoms with Crippen LogP contribution < -0.4 is 5.32 Å². The van der Waals surface area contributed by atoms with E-state index in [0.717, 1.165) is 5.69 Å². The molecule has 12 heavy (non-hydrogen) atoms. The van der Waals surface area contributed by atoms with Gasteiger partial charge in [0.05, 0.1) is 22.6 Å². The molecular weight excluding hydrogens is 176 g/mol. The summed E-state index contributed by atoms with van der Waals surface area (Å²) in [5, 5.41) is 3.14. The van der Waals surface area contributed by atoms with E-state index in [0.29, 0.717) is 10.7 Å². The third kappa shape index (κ3) is 2.20. The molecule has 1 N–H and O–H groups in total. The van der Waals surface area contributed by atoms with Crippen molar-refractivity contribution in [2.24, 2.45) is 0 Å². The lowest BCUT2D eigenvalue weighted by molar-refractivity contribution is -0.114. The smallest absolute Gasteiger partial charge is 0.221 e. The second-order valence-electron chi connectivity index (χ2n) is 2.47. The van der Waals surface area contributed by atoms with Gasteiger partial charge < -0.3 is 5.32 Å². The molecule has 1 amide bonds. The molecule has 0 spiro atoms. The number of nitrogens with one attached hydrogen (secondary N) is 1. The third-order valence-electron chi connectivity index (χ3n) is 1.35. The summed E-state index contributed by atoms with van der Waals surface area (Å²) in [6.07, 6.45) is 1.57. The number of rotatable bonds is 1. The van der Waals surface area contributed by atoms with Crippen LogP contribution in [0.4, 0.5) is 5.69 Å². The lowest BCUT2D eigenvalue weighted by Crippen LogP contribution is -2.06. The first-order valence-corrected chi connectivity index (χ1v) is 3.87. The number of aryl methyl sites for hydroxylation is 1. The summed E-state index contributed by atoms with van der Waals surface area (Å²) in [7, 11) is 0. The summed E-state index contributed by atoms with van der Waals surface area (Å²) >= 11 is 5.78. The van der Waals surface area contributed by atoms with Crippen molar-refractivity contribution in [1.82, 2.24) is 4.98 Å². The van der Waals surface area contributed by atoms with Gasteiger partial charge in [-0.3, -0.25) is 9.78 Å². The molecule has 0 aliphatic rings. The van der Waals surface area contributed by atoms with Crippen LogP contribution >= 0.6 is 11.6 Å². The molecule has 0 bridgehead atoms. The van der Waals surface area contributed by atoms with Crippen molar-refractivity contribution in [3.8, 4) is 0 Å². The Hall–Kier alpha value is -1.09. The normalized spacial score (nSPS) is 9.58. The molecule has 0 fully saturated rings. The van der Waals surface area contributed by atoms with E-state index >= 15 is 0 Å². The third-order valence-corrected chi connectivity index (χ3v) is 1.73. The number of pyridine rings is 1. The van der Waals surface area contributed by atoms with Crippen LogP contribution in [0.15, 0.2) is 12.3 Å². The topological polar surface area (TPSA) is 42.0 Å². The zero-order valence-corrected chi connectivity index (χ0v) is 7.64. The fraction of sp³-hybridized carbons (Fsp3) is 0.250. The number of aromatic nitrogens is 1. The van der Waals surface area contributed by atoms with E-state index in [1.807, 2.05) is 0 Å². The highest BCUT2D eigenvalue weighted by Gasteiger charge is 1.99. The van der Waals surface area contributed by atoms with Crippen molar-refractivity contribution in [3.63, 3.8) is 0 Å². The van der Waals surface area contributed by atoms with Gasteiger partial charge in [-0.1, -0.05) is 11.6 Å². The molecule has 0 aliphatic carbocycles. The Morgan fingerprint density at radius 3 is 2.83 bits per heavy atom. The molecule has 3 nitrogen and oxygen atoms in total. The van der Waals surface area contributed by atoms with Gasteiger partial charge in [0, 0.05) is 6.92 Å². The molecule has 0 saturated heterocycles. The summed E-state index contributed by atoms with van der Waals surface area (Å²) in [6.45, 7) is 3.24. The van der Waals surface area contributed by atoms with Crippen LogP contribution in [0.25, 0.3) is 0 Å². The predicted molar refractivity (Wildman–Crippen MR) is 48.3 cm³/mol. The summed E-state index contributed by atoms with van der Waals surface area (Å²) < 4.78 is 0. The molecule has 0 atom stereocenters. The largest absolute Gasteiger partial charge is 0.325 e. The number of hydrogen-bond donors (Lipinski definition) is 1. The summed E-state index contributed by atoms with van der Waals surface area (Å²) in [5.74, 6) is -0.128. The van der Waals surface area contributed by atoms with Crippen LogP contribution in [0.2, 0.25) is 5.02 Å². The standard InChI is InChI=1S/C8H9ClN2O/c1-5-8(9)3-7(4-10-5)11-6(2)12/h3-4H,1-2H3,(H,11,12). The van der Waals surface area contributed by atoms with Gasteiger partial charge in [-0.05, 0) is 13.0 Å². The zero-order chi connectivity index (χ0) is 9.14. The van der Waals surface area contributed by atoms with Crippen molar-refractivity contribution >= 4 is 23.2 Å². The number of hydrogen-bond acceptors (Lipinski definition) is 2. The van der Waals surface area contributed by atoms with E-state index in [9.17, 15) is 4.79 Å². The molecule has 4 heteroatoms. The van der Waals surface area contributed by atoms with Crippen LogP contribution in [0.5, 0.6) is 0 Å². The molecule has 1 aromatic heterocycles. The number of amides is 1. The Kier molecular flexibility index (Phi) is 2.65. The highest BCUT2D eigenvalue weighted by atomic mass is 35.5. The van der Waals surface area contributed by atoms with Gasteiger partial charge in [0.2, 0.25) is 5.91 Å². The second kappa shape index (κ2) is 3.54. The lowest BCUT2D eigenvalue weighted by atomic mass is 10.3. The van der Waals surface area contributed by atoms with Gasteiger partial charge in [-0.15, -0.1) is 0 Å². The van der Waals surface area contributed by atoms with Crippen LogP contribution in [0.3, 0.4) is 0 Å². The zero-order valence-electron chi connectivity index (χ0n) is 6.89. The van der Waals surface area contributed by atoms with E-state index in [1.54, 1.807) is 19.2 Å². The molecule has 64 valence electrons. The van der Waals surface area contributed by atoms with E-state index in [1.165, 1.54) is 6.92 Å². The Bertz CT molecular complexity index is 312. The fourth-order valence-electron chi connectivity index (χ4n) is 0.778. The molecular formula is C8H9ClN2O. The maximum Gasteiger partial charge on any atom is 0.221 e. The molecule has 0 aliphatic heterocycles. The SMILES string of the molecule is CC(=O)Nc1cnc(C)c(Cl)c1. The molecule has 0 saturated carbocycles. The van der Waals surface area contributed by atoms with Crippen LogP contribution in [-0.4, -0.2) is 10.9 Å². The van der Waals surface area contributed by atoms with Crippen LogP contribution in [0, 0.1) is 6.92 Å². The second-order valence-corrected chi connectivity index (χ2v) is 2.88. The minimum Gasteiger partial charge on any atom is -0.325 e. The first-order valence-electron chi connectivity index (χ1n) is 3.49. The quantitative estimate of drug-likeness (QED) is 0.726. The average molecular weight is 185 g/mol. The monoisotopic (exact) mass is 184 g/mol. The highest BCUT2D eigenvalue weighted by molar-refractivity contribution is 6.31. The summed E-state index contributed by atoms with van der Waals surface area (Å²) in [4.78, 5) is 14.6. The van der Waals surface area contributed by atoms with E-state index in [2.05, 4.69) is 10.3 Å². The van der Waals surface area contributed by atoms with Crippen molar-refractivity contribution < 1.29 is 4.79 Å². The van der Waals surface area contributed by atoms with Crippen molar-refractivity contribution in [2.75, 3.05) is 5.32 Å². The molecule has 1 heterocycles. The first-order chi connectivity index (χ1) is 5.59.